The van der Waals surface area contributed by atoms with E-state index in [1.165, 1.54) is 0 Å². The van der Waals surface area contributed by atoms with E-state index in [1.54, 1.807) is 6.20 Å². The number of hydrogen-bond donors (Lipinski definition) is 2. The zero-order valence-electron chi connectivity index (χ0n) is 5.39. The quantitative estimate of drug-likeness (QED) is 0.479. The molecule has 0 radical (unpaired) electrons. The molecule has 0 aliphatic carbocycles. The van der Waals surface area contributed by atoms with Crippen molar-refractivity contribution in [1.82, 2.24) is 4.98 Å². The third-order valence-corrected chi connectivity index (χ3v) is 1.28. The van der Waals surface area contributed by atoms with Crippen molar-refractivity contribution in [2.24, 2.45) is 5.73 Å². The Kier molecular flexibility index (Phi) is 1.58. The Bertz CT molecular complexity index is 254. The first-order chi connectivity index (χ1) is 4.38. The van der Waals surface area contributed by atoms with Crippen LogP contribution in [-0.4, -0.2) is 4.98 Å². The van der Waals surface area contributed by atoms with Crippen LogP contribution < -0.4 is 16.3 Å². The van der Waals surface area contributed by atoms with Gasteiger partial charge in [-0.1, -0.05) is 6.08 Å². The van der Waals surface area contributed by atoms with E-state index in [-0.39, 0.29) is 0 Å². The lowest BCUT2D eigenvalue weighted by atomic mass is 10.4. The SMILES string of the molecule is C/C=c1/[nH]cc/c1=C/N. The number of nitrogens with two attached hydrogens (primary N) is 1. The van der Waals surface area contributed by atoms with Gasteiger partial charge in [-0.15, -0.1) is 0 Å². The molecular formula is C7H10N2. The van der Waals surface area contributed by atoms with E-state index in [4.69, 9.17) is 5.73 Å². The number of H-pyrrole nitrogens is 1. The molecule has 1 aromatic rings. The highest BCUT2D eigenvalue weighted by Crippen LogP contribution is 1.60. The lowest BCUT2D eigenvalue weighted by molar-refractivity contribution is 1.31. The summed E-state index contributed by atoms with van der Waals surface area (Å²) in [7, 11) is 0. The van der Waals surface area contributed by atoms with Gasteiger partial charge in [0.15, 0.2) is 0 Å². The molecule has 0 saturated carbocycles. The second-order valence-electron chi connectivity index (χ2n) is 1.80. The third-order valence-electron chi connectivity index (χ3n) is 1.28. The second-order valence-corrected chi connectivity index (χ2v) is 1.80. The van der Waals surface area contributed by atoms with Crippen molar-refractivity contribution >= 4 is 12.3 Å². The molecule has 0 spiro atoms. The van der Waals surface area contributed by atoms with Crippen LogP contribution in [-0.2, 0) is 0 Å². The van der Waals surface area contributed by atoms with Gasteiger partial charge in [-0.05, 0) is 13.0 Å². The lowest BCUT2D eigenvalue weighted by Crippen LogP contribution is -2.22. The number of aromatic nitrogens is 1. The predicted octanol–water partition coefficient (Wildman–Crippen LogP) is -0.488. The average molecular weight is 122 g/mol. The number of nitrogens with one attached hydrogen (secondary N) is 1. The fourth-order valence-electron chi connectivity index (χ4n) is 0.790. The average Bonchev–Trinajstić information content (AvgIpc) is 2.33. The summed E-state index contributed by atoms with van der Waals surface area (Å²) in [4.78, 5) is 3.04. The van der Waals surface area contributed by atoms with Crippen LogP contribution in [0.25, 0.3) is 12.3 Å². The molecule has 1 heterocycles. The summed E-state index contributed by atoms with van der Waals surface area (Å²) >= 11 is 0. The fourth-order valence-corrected chi connectivity index (χ4v) is 0.790. The minimum Gasteiger partial charge on any atom is -0.404 e. The van der Waals surface area contributed by atoms with Crippen molar-refractivity contribution in [2.45, 2.75) is 6.92 Å². The Morgan fingerprint density at radius 3 is 2.89 bits per heavy atom. The van der Waals surface area contributed by atoms with E-state index in [9.17, 15) is 0 Å². The van der Waals surface area contributed by atoms with Crippen molar-refractivity contribution in [1.29, 1.82) is 0 Å². The molecule has 0 aliphatic rings. The number of aromatic amines is 1. The van der Waals surface area contributed by atoms with E-state index >= 15 is 0 Å². The molecule has 0 fully saturated rings. The van der Waals surface area contributed by atoms with Crippen LogP contribution in [0.4, 0.5) is 0 Å². The zero-order chi connectivity index (χ0) is 6.69. The van der Waals surface area contributed by atoms with E-state index in [0.717, 1.165) is 10.6 Å². The van der Waals surface area contributed by atoms with Crippen LogP contribution in [0.5, 0.6) is 0 Å². The van der Waals surface area contributed by atoms with Crippen LogP contribution >= 0.6 is 0 Å². The monoisotopic (exact) mass is 122 g/mol. The van der Waals surface area contributed by atoms with E-state index in [1.807, 2.05) is 25.3 Å². The Morgan fingerprint density at radius 2 is 2.44 bits per heavy atom. The summed E-state index contributed by atoms with van der Waals surface area (Å²) in [6.07, 6.45) is 5.44. The molecule has 2 nitrogen and oxygen atoms in total. The minimum absolute atomic E-state index is 1.05. The molecule has 0 bridgehead atoms. The van der Waals surface area contributed by atoms with Crippen molar-refractivity contribution in [3.05, 3.63) is 22.8 Å². The van der Waals surface area contributed by atoms with Crippen LogP contribution in [0.2, 0.25) is 0 Å². The van der Waals surface area contributed by atoms with E-state index in [0.29, 0.717) is 0 Å². The lowest BCUT2D eigenvalue weighted by Gasteiger charge is -1.73. The molecule has 0 unspecified atom stereocenters. The maximum absolute atomic E-state index is 5.31. The third kappa shape index (κ3) is 0.964. The van der Waals surface area contributed by atoms with Gasteiger partial charge in [-0.3, -0.25) is 0 Å². The van der Waals surface area contributed by atoms with Gasteiger partial charge in [0.25, 0.3) is 0 Å². The molecule has 3 N–H and O–H groups in total. The predicted molar refractivity (Wildman–Crippen MR) is 38.8 cm³/mol. The molecule has 0 saturated heterocycles. The first-order valence-electron chi connectivity index (χ1n) is 2.90. The van der Waals surface area contributed by atoms with Crippen LogP contribution in [0, 0.1) is 0 Å². The maximum Gasteiger partial charge on any atom is 0.0425 e. The zero-order valence-corrected chi connectivity index (χ0v) is 5.39. The van der Waals surface area contributed by atoms with Gasteiger partial charge in [-0.2, -0.15) is 0 Å². The number of hydrogen-bond acceptors (Lipinski definition) is 1. The summed E-state index contributed by atoms with van der Waals surface area (Å²) in [5.41, 5.74) is 5.31. The van der Waals surface area contributed by atoms with Crippen molar-refractivity contribution in [3.63, 3.8) is 0 Å². The molecule has 48 valence electrons. The van der Waals surface area contributed by atoms with E-state index < -0.39 is 0 Å². The Hall–Kier alpha value is -1.18. The van der Waals surface area contributed by atoms with Crippen LogP contribution in [0.1, 0.15) is 6.92 Å². The summed E-state index contributed by atoms with van der Waals surface area (Å²) in [5.74, 6) is 0. The summed E-state index contributed by atoms with van der Waals surface area (Å²) in [6, 6.07) is 1.94. The smallest absolute Gasteiger partial charge is 0.0425 e. The maximum atomic E-state index is 5.31. The van der Waals surface area contributed by atoms with Gasteiger partial charge in [0, 0.05) is 23.0 Å². The molecule has 0 atom stereocenters. The molecule has 2 heteroatoms. The summed E-state index contributed by atoms with van der Waals surface area (Å²) in [5, 5.41) is 2.13. The van der Waals surface area contributed by atoms with Crippen molar-refractivity contribution in [2.75, 3.05) is 0 Å². The standard InChI is InChI=1S/C7H10N2/c1-2-7-6(5-8)3-4-9-7/h2-5,9H,8H2,1H3/b6-5-,7-2+. The Labute approximate surface area is 53.7 Å². The topological polar surface area (TPSA) is 41.8 Å². The van der Waals surface area contributed by atoms with Gasteiger partial charge < -0.3 is 10.7 Å². The van der Waals surface area contributed by atoms with Gasteiger partial charge >= 0.3 is 0 Å². The van der Waals surface area contributed by atoms with Gasteiger partial charge in [0.2, 0.25) is 0 Å². The van der Waals surface area contributed by atoms with Crippen molar-refractivity contribution in [3.8, 4) is 0 Å². The first kappa shape index (κ1) is 5.95. The highest BCUT2D eigenvalue weighted by Gasteiger charge is 1.78. The number of rotatable bonds is 0. The second kappa shape index (κ2) is 2.40. The van der Waals surface area contributed by atoms with Gasteiger partial charge in [-0.25, -0.2) is 0 Å². The fraction of sp³-hybridized carbons (Fsp3) is 0.143. The van der Waals surface area contributed by atoms with Crippen molar-refractivity contribution < 1.29 is 0 Å². The van der Waals surface area contributed by atoms with Crippen LogP contribution in [0.15, 0.2) is 12.3 Å². The Balaban J connectivity index is 3.50. The molecule has 1 aromatic heterocycles. The first-order valence-corrected chi connectivity index (χ1v) is 2.90. The molecule has 0 aromatic carbocycles. The minimum atomic E-state index is 1.05. The highest BCUT2D eigenvalue weighted by atomic mass is 14.6. The molecule has 0 amide bonds. The highest BCUT2D eigenvalue weighted by molar-refractivity contribution is 5.24. The summed E-state index contributed by atoms with van der Waals surface area (Å²) < 4.78 is 0. The largest absolute Gasteiger partial charge is 0.404 e. The molecular weight excluding hydrogens is 112 g/mol. The normalized spacial score (nSPS) is 14.8. The van der Waals surface area contributed by atoms with Gasteiger partial charge in [0.05, 0.1) is 0 Å². The molecule has 9 heavy (non-hydrogen) atoms. The van der Waals surface area contributed by atoms with Gasteiger partial charge in [0.1, 0.15) is 0 Å². The molecule has 1 rings (SSSR count). The summed E-state index contributed by atoms with van der Waals surface area (Å²) in [6.45, 7) is 1.97. The van der Waals surface area contributed by atoms with Crippen LogP contribution in [0.3, 0.4) is 0 Å². The molecule has 0 aliphatic heterocycles. The van der Waals surface area contributed by atoms with E-state index in [2.05, 4.69) is 4.98 Å². The Morgan fingerprint density at radius 1 is 1.67 bits per heavy atom.